The molecule has 0 aliphatic rings. The molecule has 0 amide bonds. The maximum atomic E-state index is 2.67. The van der Waals surface area contributed by atoms with Crippen molar-refractivity contribution in [1.29, 1.82) is 0 Å². The lowest BCUT2D eigenvalue weighted by atomic mass is 9.54. The molecule has 0 nitrogen and oxygen atoms in total. The number of rotatable bonds is 23. The van der Waals surface area contributed by atoms with Crippen LogP contribution in [0.5, 0.6) is 0 Å². The van der Waals surface area contributed by atoms with E-state index in [1.54, 1.807) is 0 Å². The minimum Gasteiger partial charge on any atom is -0.0654 e. The van der Waals surface area contributed by atoms with Gasteiger partial charge >= 0.3 is 0 Å². The zero-order chi connectivity index (χ0) is 38.3. The minimum atomic E-state index is 0.338. The Morgan fingerprint density at radius 2 is 0.646 bits per heavy atom. The first kappa shape index (κ1) is 48.0. The van der Waals surface area contributed by atoms with Crippen LogP contribution in [-0.4, -0.2) is 0 Å². The molecule has 0 spiro atoms. The van der Waals surface area contributed by atoms with Gasteiger partial charge in [-0.25, -0.2) is 0 Å². The van der Waals surface area contributed by atoms with Crippen LogP contribution in [0.25, 0.3) is 0 Å². The largest absolute Gasteiger partial charge is 0.0654 e. The first-order valence-corrected chi connectivity index (χ1v) is 21.7. The van der Waals surface area contributed by atoms with E-state index in [0.29, 0.717) is 45.8 Å². The predicted molar refractivity (Wildman–Crippen MR) is 222 cm³/mol. The number of hydrogen-bond donors (Lipinski definition) is 0. The Kier molecular flexibility index (Phi) is 19.7. The first-order chi connectivity index (χ1) is 21.7. The van der Waals surface area contributed by atoms with Gasteiger partial charge in [0, 0.05) is 0 Å². The molecule has 290 valence electrons. The quantitative estimate of drug-likeness (QED) is 0.101. The maximum absolute atomic E-state index is 2.67. The van der Waals surface area contributed by atoms with Gasteiger partial charge in [-0.3, -0.25) is 0 Å². The van der Waals surface area contributed by atoms with Gasteiger partial charge in [0.25, 0.3) is 0 Å². The second-order valence-corrected chi connectivity index (χ2v) is 20.8. The van der Waals surface area contributed by atoms with Gasteiger partial charge in [0.2, 0.25) is 0 Å². The van der Waals surface area contributed by atoms with Crippen LogP contribution in [0.15, 0.2) is 0 Å². The van der Waals surface area contributed by atoms with Gasteiger partial charge in [-0.2, -0.15) is 0 Å². The molecule has 0 aliphatic carbocycles. The fourth-order valence-corrected chi connectivity index (χ4v) is 11.1. The van der Waals surface area contributed by atoms with E-state index in [1.165, 1.54) is 32.1 Å². The normalized spacial score (nSPS) is 25.2. The van der Waals surface area contributed by atoms with E-state index in [1.807, 2.05) is 0 Å². The fourth-order valence-electron chi connectivity index (χ4n) is 11.1. The minimum absolute atomic E-state index is 0.338. The van der Waals surface area contributed by atoms with Gasteiger partial charge in [-0.1, -0.05) is 185 Å². The Morgan fingerprint density at radius 3 is 0.938 bits per heavy atom. The molecule has 0 aromatic rings. The summed E-state index contributed by atoms with van der Waals surface area (Å²) in [5.41, 5.74) is 1.18. The molecule has 17 unspecified atom stereocenters. The predicted octanol–water partition coefficient (Wildman–Crippen LogP) is 16.2. The topological polar surface area (TPSA) is 0 Å². The lowest BCUT2D eigenvalue weighted by molar-refractivity contribution is -0.0230. The van der Waals surface area contributed by atoms with Crippen molar-refractivity contribution < 1.29 is 0 Å². The highest BCUT2D eigenvalue weighted by Gasteiger charge is 2.46. The highest BCUT2D eigenvalue weighted by atomic mass is 14.5. The summed E-state index contributed by atoms with van der Waals surface area (Å²) in [5.74, 6) is 11.6. The molecular formula is C48H98. The zero-order valence-electron chi connectivity index (χ0n) is 38.3. The van der Waals surface area contributed by atoms with Crippen LogP contribution in [0.2, 0.25) is 0 Å². The molecule has 0 saturated heterocycles. The first-order valence-electron chi connectivity index (χ1n) is 21.7. The van der Waals surface area contributed by atoms with Crippen molar-refractivity contribution in [2.45, 2.75) is 198 Å². The third kappa shape index (κ3) is 11.2. The summed E-state index contributed by atoms with van der Waals surface area (Å²) in [6.45, 7) is 61.2. The summed E-state index contributed by atoms with van der Waals surface area (Å²) >= 11 is 0. The summed E-state index contributed by atoms with van der Waals surface area (Å²) in [6, 6.07) is 0. The van der Waals surface area contributed by atoms with Crippen molar-refractivity contribution in [3.63, 3.8) is 0 Å². The number of hydrogen-bond acceptors (Lipinski definition) is 0. The van der Waals surface area contributed by atoms with Gasteiger partial charge in [0.05, 0.1) is 0 Å². The Labute approximate surface area is 308 Å². The van der Waals surface area contributed by atoms with Crippen molar-refractivity contribution in [1.82, 2.24) is 0 Å². The lowest BCUT2D eigenvalue weighted by Crippen LogP contribution is -2.44. The highest BCUT2D eigenvalue weighted by Crippen LogP contribution is 2.53. The van der Waals surface area contributed by atoms with E-state index in [9.17, 15) is 0 Å². The molecule has 0 rings (SSSR count). The molecule has 0 aromatic carbocycles. The van der Waals surface area contributed by atoms with E-state index >= 15 is 0 Å². The Balaban J connectivity index is 5.93. The molecule has 0 aliphatic heterocycles. The Morgan fingerprint density at radius 1 is 0.354 bits per heavy atom. The van der Waals surface area contributed by atoms with Crippen LogP contribution in [0.4, 0.5) is 0 Å². The summed E-state index contributed by atoms with van der Waals surface area (Å²) in [5, 5.41) is 0. The third-order valence-corrected chi connectivity index (χ3v) is 18.4. The van der Waals surface area contributed by atoms with Gasteiger partial charge in [-0.05, 0) is 124 Å². The molecule has 0 radical (unpaired) electrons. The zero-order valence-corrected chi connectivity index (χ0v) is 38.3. The Bertz CT molecular complexity index is 867. The molecule has 0 bridgehead atoms. The third-order valence-electron chi connectivity index (χ3n) is 18.4. The van der Waals surface area contributed by atoms with Crippen molar-refractivity contribution in [2.75, 3.05) is 0 Å². The van der Waals surface area contributed by atoms with Gasteiger partial charge < -0.3 is 0 Å². The second kappa shape index (κ2) is 19.7. The standard InChI is InChI=1S/C48H98/c1-25-28-47(23,29-30(4)5)43(18)40(15)41(16)45(20)48(24,27-3)44(19)39(14)37(12)35(10)33(8)31(6)32(7)34(9)36(11)38(13)42(17)46(21,22)26-2/h30-45H,25-29H2,1-24H3. The van der Waals surface area contributed by atoms with Crippen molar-refractivity contribution in [2.24, 2.45) is 111 Å². The molecular weight excluding hydrogens is 577 g/mol. The van der Waals surface area contributed by atoms with Gasteiger partial charge in [-0.15, -0.1) is 0 Å². The molecule has 0 aromatic heterocycles. The molecule has 0 heteroatoms. The molecule has 0 saturated carbocycles. The maximum Gasteiger partial charge on any atom is -0.0272 e. The molecule has 0 fully saturated rings. The van der Waals surface area contributed by atoms with Crippen molar-refractivity contribution in [3.8, 4) is 0 Å². The van der Waals surface area contributed by atoms with E-state index in [0.717, 1.165) is 65.1 Å². The molecule has 0 heterocycles. The van der Waals surface area contributed by atoms with E-state index in [4.69, 9.17) is 0 Å². The van der Waals surface area contributed by atoms with Crippen LogP contribution >= 0.6 is 0 Å². The molecule has 0 N–H and O–H groups in total. The van der Waals surface area contributed by atoms with Crippen LogP contribution in [0, 0.1) is 111 Å². The van der Waals surface area contributed by atoms with Gasteiger partial charge in [0.1, 0.15) is 0 Å². The second-order valence-electron chi connectivity index (χ2n) is 20.8. The van der Waals surface area contributed by atoms with Crippen molar-refractivity contribution in [3.05, 3.63) is 0 Å². The molecule has 17 atom stereocenters. The summed E-state index contributed by atoms with van der Waals surface area (Å²) in [4.78, 5) is 0. The SMILES string of the molecule is CCCC(C)(CC(C)C)C(C)C(C)C(C)C(C)C(C)(CC)C(C)C(C)C(C)C(C)C(C)C(C)C(C)C(C)C(C)C(C)C(C)C(C)(C)CC. The highest BCUT2D eigenvalue weighted by molar-refractivity contribution is 4.95. The smallest absolute Gasteiger partial charge is 0.0272 e. The summed E-state index contributed by atoms with van der Waals surface area (Å²) < 4.78 is 0. The monoisotopic (exact) mass is 675 g/mol. The van der Waals surface area contributed by atoms with Crippen LogP contribution in [0.1, 0.15) is 198 Å². The van der Waals surface area contributed by atoms with Crippen LogP contribution < -0.4 is 0 Å². The van der Waals surface area contributed by atoms with E-state index < -0.39 is 0 Å². The fraction of sp³-hybridized carbons (Fsp3) is 1.00. The van der Waals surface area contributed by atoms with Gasteiger partial charge in [0.15, 0.2) is 0 Å². The van der Waals surface area contributed by atoms with E-state index in [-0.39, 0.29) is 0 Å². The van der Waals surface area contributed by atoms with Crippen LogP contribution in [0.3, 0.4) is 0 Å². The summed E-state index contributed by atoms with van der Waals surface area (Å²) in [7, 11) is 0. The average Bonchev–Trinajstić information content (AvgIpc) is 3.05. The summed E-state index contributed by atoms with van der Waals surface area (Å²) in [6.07, 6.45) is 6.54. The average molecular weight is 675 g/mol. The van der Waals surface area contributed by atoms with E-state index in [2.05, 4.69) is 166 Å². The lowest BCUT2D eigenvalue weighted by Gasteiger charge is -2.51. The molecule has 48 heavy (non-hydrogen) atoms. The van der Waals surface area contributed by atoms with Crippen LogP contribution in [-0.2, 0) is 0 Å². The Hall–Kier alpha value is 0. The van der Waals surface area contributed by atoms with Crippen molar-refractivity contribution >= 4 is 0 Å².